The van der Waals surface area contributed by atoms with Crippen LogP contribution in [0.3, 0.4) is 0 Å². The molecule has 1 aromatic rings. The van der Waals surface area contributed by atoms with Crippen LogP contribution in [-0.2, 0) is 0 Å². The van der Waals surface area contributed by atoms with Gasteiger partial charge in [-0.15, -0.1) is 0 Å². The molecule has 1 heterocycles. The third-order valence-electron chi connectivity index (χ3n) is 3.03. The molecule has 1 aromatic carbocycles. The van der Waals surface area contributed by atoms with Gasteiger partial charge in [-0.25, -0.2) is 0 Å². The zero-order valence-electron chi connectivity index (χ0n) is 9.78. The number of phenolic OH excluding ortho intramolecular Hbond substituents is 1. The number of piperidine rings is 1. The number of carbonyl (C=O) groups is 1. The van der Waals surface area contributed by atoms with E-state index in [-0.39, 0.29) is 11.7 Å². The molecular weight excluding hydrogens is 216 g/mol. The lowest BCUT2D eigenvalue weighted by molar-refractivity contribution is 0.0947. The first kappa shape index (κ1) is 11.9. The second kappa shape index (κ2) is 5.68. The number of hydrogen-bond acceptors (Lipinski definition) is 3. The Labute approximate surface area is 101 Å². The molecule has 2 rings (SSSR count). The summed E-state index contributed by atoms with van der Waals surface area (Å²) >= 11 is 0. The summed E-state index contributed by atoms with van der Waals surface area (Å²) < 4.78 is 0. The number of aromatic hydroxyl groups is 1. The van der Waals surface area contributed by atoms with Crippen molar-refractivity contribution in [1.29, 1.82) is 0 Å². The van der Waals surface area contributed by atoms with Gasteiger partial charge in [-0.05, 0) is 37.6 Å². The molecule has 92 valence electrons. The van der Waals surface area contributed by atoms with Crippen molar-refractivity contribution in [2.75, 3.05) is 13.1 Å². The lowest BCUT2D eigenvalue weighted by Gasteiger charge is -2.23. The van der Waals surface area contributed by atoms with Crippen molar-refractivity contribution in [3.05, 3.63) is 29.8 Å². The van der Waals surface area contributed by atoms with E-state index < -0.39 is 0 Å². The topological polar surface area (TPSA) is 61.4 Å². The highest BCUT2D eigenvalue weighted by Gasteiger charge is 2.14. The molecule has 0 saturated carbocycles. The van der Waals surface area contributed by atoms with Crippen LogP contribution in [0.2, 0.25) is 0 Å². The fraction of sp³-hybridized carbons (Fsp3) is 0.462. The third-order valence-corrected chi connectivity index (χ3v) is 3.03. The van der Waals surface area contributed by atoms with Crippen LogP contribution in [0.15, 0.2) is 24.3 Å². The van der Waals surface area contributed by atoms with Crippen LogP contribution in [0.4, 0.5) is 0 Å². The summed E-state index contributed by atoms with van der Waals surface area (Å²) in [4.78, 5) is 11.8. The van der Waals surface area contributed by atoms with E-state index in [9.17, 15) is 9.90 Å². The van der Waals surface area contributed by atoms with Gasteiger partial charge in [-0.1, -0.05) is 12.5 Å². The van der Waals surface area contributed by atoms with Crippen LogP contribution < -0.4 is 10.6 Å². The van der Waals surface area contributed by atoms with Gasteiger partial charge in [0.25, 0.3) is 5.91 Å². The number of benzene rings is 1. The maximum Gasteiger partial charge on any atom is 0.251 e. The first-order valence-electron chi connectivity index (χ1n) is 6.06. The lowest BCUT2D eigenvalue weighted by Crippen LogP contribution is -2.43. The van der Waals surface area contributed by atoms with E-state index in [0.29, 0.717) is 18.2 Å². The Hall–Kier alpha value is -1.55. The summed E-state index contributed by atoms with van der Waals surface area (Å²) in [5, 5.41) is 15.5. The highest BCUT2D eigenvalue weighted by atomic mass is 16.3. The summed E-state index contributed by atoms with van der Waals surface area (Å²) in [5.74, 6) is -0.0123. The Kier molecular flexibility index (Phi) is 3.98. The van der Waals surface area contributed by atoms with Gasteiger partial charge in [0.05, 0.1) is 0 Å². The summed E-state index contributed by atoms with van der Waals surface area (Å²) in [5.41, 5.74) is 0.501. The molecular formula is C13H18N2O2. The minimum atomic E-state index is -0.131. The Morgan fingerprint density at radius 2 is 2.35 bits per heavy atom. The Bertz CT molecular complexity index is 387. The molecule has 4 nitrogen and oxygen atoms in total. The van der Waals surface area contributed by atoms with Gasteiger partial charge >= 0.3 is 0 Å². The summed E-state index contributed by atoms with van der Waals surface area (Å²) in [6.07, 6.45) is 3.55. The minimum absolute atomic E-state index is 0.119. The van der Waals surface area contributed by atoms with Crippen LogP contribution in [0.5, 0.6) is 5.75 Å². The molecule has 1 aliphatic heterocycles. The van der Waals surface area contributed by atoms with Gasteiger partial charge in [-0.3, -0.25) is 4.79 Å². The first-order chi connectivity index (χ1) is 8.25. The Morgan fingerprint density at radius 3 is 3.06 bits per heavy atom. The van der Waals surface area contributed by atoms with Crippen LogP contribution in [-0.4, -0.2) is 30.1 Å². The van der Waals surface area contributed by atoms with Crippen molar-refractivity contribution in [2.45, 2.75) is 25.3 Å². The predicted octanol–water partition coefficient (Wildman–Crippen LogP) is 1.26. The van der Waals surface area contributed by atoms with Crippen LogP contribution >= 0.6 is 0 Å². The molecule has 0 bridgehead atoms. The molecule has 1 unspecified atom stereocenters. The molecule has 1 amide bonds. The van der Waals surface area contributed by atoms with E-state index in [1.807, 2.05) is 0 Å². The number of carbonyl (C=O) groups excluding carboxylic acids is 1. The lowest BCUT2D eigenvalue weighted by atomic mass is 10.1. The summed E-state index contributed by atoms with van der Waals surface area (Å²) in [6, 6.07) is 6.78. The van der Waals surface area contributed by atoms with E-state index in [1.165, 1.54) is 18.9 Å². The normalized spacial score (nSPS) is 19.9. The van der Waals surface area contributed by atoms with Crippen LogP contribution in [0, 0.1) is 0 Å². The van der Waals surface area contributed by atoms with Crippen molar-refractivity contribution in [2.24, 2.45) is 0 Å². The number of hydrogen-bond donors (Lipinski definition) is 3. The highest BCUT2D eigenvalue weighted by molar-refractivity contribution is 5.94. The SMILES string of the molecule is O=C(NCC1CCCCN1)c1cccc(O)c1. The van der Waals surface area contributed by atoms with Crippen molar-refractivity contribution < 1.29 is 9.90 Å². The second-order valence-electron chi connectivity index (χ2n) is 4.41. The largest absolute Gasteiger partial charge is 0.508 e. The minimum Gasteiger partial charge on any atom is -0.508 e. The quantitative estimate of drug-likeness (QED) is 0.738. The molecule has 0 aromatic heterocycles. The molecule has 3 N–H and O–H groups in total. The summed E-state index contributed by atoms with van der Waals surface area (Å²) in [6.45, 7) is 1.68. The third kappa shape index (κ3) is 3.46. The van der Waals surface area contributed by atoms with Crippen LogP contribution in [0.25, 0.3) is 0 Å². The van der Waals surface area contributed by atoms with E-state index in [4.69, 9.17) is 0 Å². The first-order valence-corrected chi connectivity index (χ1v) is 6.06. The predicted molar refractivity (Wildman–Crippen MR) is 66.1 cm³/mol. The standard InChI is InChI=1S/C13H18N2O2/c16-12-6-3-4-10(8-12)13(17)15-9-11-5-1-2-7-14-11/h3-4,6,8,11,14,16H,1-2,5,7,9H2,(H,15,17). The zero-order chi connectivity index (χ0) is 12.1. The maximum atomic E-state index is 11.8. The smallest absolute Gasteiger partial charge is 0.251 e. The van der Waals surface area contributed by atoms with Gasteiger partial charge in [0.1, 0.15) is 5.75 Å². The van der Waals surface area contributed by atoms with Crippen molar-refractivity contribution >= 4 is 5.91 Å². The van der Waals surface area contributed by atoms with Crippen molar-refractivity contribution in [3.8, 4) is 5.75 Å². The van der Waals surface area contributed by atoms with Gasteiger partial charge in [-0.2, -0.15) is 0 Å². The van der Waals surface area contributed by atoms with Crippen molar-refractivity contribution in [3.63, 3.8) is 0 Å². The van der Waals surface area contributed by atoms with Gasteiger partial charge in [0.15, 0.2) is 0 Å². The van der Waals surface area contributed by atoms with Gasteiger partial charge < -0.3 is 15.7 Å². The molecule has 1 fully saturated rings. The molecule has 0 spiro atoms. The molecule has 1 atom stereocenters. The number of phenols is 1. The average molecular weight is 234 g/mol. The Morgan fingerprint density at radius 1 is 1.47 bits per heavy atom. The van der Waals surface area contributed by atoms with Gasteiger partial charge in [0.2, 0.25) is 0 Å². The van der Waals surface area contributed by atoms with E-state index in [0.717, 1.165) is 13.0 Å². The molecule has 4 heteroatoms. The Balaban J connectivity index is 1.84. The van der Waals surface area contributed by atoms with Crippen molar-refractivity contribution in [1.82, 2.24) is 10.6 Å². The molecule has 0 radical (unpaired) electrons. The van der Waals surface area contributed by atoms with E-state index >= 15 is 0 Å². The van der Waals surface area contributed by atoms with Gasteiger partial charge in [0, 0.05) is 18.2 Å². The fourth-order valence-electron chi connectivity index (χ4n) is 2.06. The molecule has 1 aliphatic rings. The van der Waals surface area contributed by atoms with E-state index in [1.54, 1.807) is 18.2 Å². The number of rotatable bonds is 3. The zero-order valence-corrected chi connectivity index (χ0v) is 9.78. The average Bonchev–Trinajstić information content (AvgIpc) is 2.37. The monoisotopic (exact) mass is 234 g/mol. The number of nitrogens with one attached hydrogen (secondary N) is 2. The number of amides is 1. The summed E-state index contributed by atoms with van der Waals surface area (Å²) in [7, 11) is 0. The fourth-order valence-corrected chi connectivity index (χ4v) is 2.06. The molecule has 0 aliphatic carbocycles. The molecule has 1 saturated heterocycles. The highest BCUT2D eigenvalue weighted by Crippen LogP contribution is 2.11. The van der Waals surface area contributed by atoms with E-state index in [2.05, 4.69) is 10.6 Å². The maximum absolute atomic E-state index is 11.8. The van der Waals surface area contributed by atoms with Crippen LogP contribution in [0.1, 0.15) is 29.6 Å². The second-order valence-corrected chi connectivity index (χ2v) is 4.41. The molecule has 17 heavy (non-hydrogen) atoms.